The molecule has 1 aliphatic heterocycles. The monoisotopic (exact) mass is 330 g/mol. The molecule has 0 saturated carbocycles. The van der Waals surface area contributed by atoms with E-state index in [1.807, 2.05) is 11.8 Å². The van der Waals surface area contributed by atoms with Gasteiger partial charge in [0.2, 0.25) is 0 Å². The third-order valence-corrected chi connectivity index (χ3v) is 6.03. The van der Waals surface area contributed by atoms with Crippen LogP contribution in [0, 0.1) is 0 Å². The molecule has 118 valence electrons. The number of thioether (sulfide) groups is 1. The maximum atomic E-state index is 12.0. The van der Waals surface area contributed by atoms with Gasteiger partial charge in [-0.25, -0.2) is 4.79 Å². The van der Waals surface area contributed by atoms with E-state index in [0.717, 1.165) is 30.3 Å². The Bertz CT molecular complexity index is 505. The number of nitrogens with two attached hydrogens (primary N) is 1. The highest BCUT2D eigenvalue weighted by atomic mass is 32.2. The van der Waals surface area contributed by atoms with E-state index in [0.29, 0.717) is 28.2 Å². The van der Waals surface area contributed by atoms with Crippen LogP contribution in [0.1, 0.15) is 29.9 Å². The Labute approximate surface area is 133 Å². The molecule has 0 aliphatic carbocycles. The number of nitrogens with zero attached hydrogens (tertiary/aromatic N) is 1. The number of hydrogen-bond acceptors (Lipinski definition) is 7. The maximum Gasteiger partial charge on any atom is 0.350 e. The maximum absolute atomic E-state index is 12.0. The Morgan fingerprint density at radius 2 is 2.24 bits per heavy atom. The molecule has 1 aromatic heterocycles. The SMILES string of the molecule is CCOC(=O)c1sc(N2CCSC(CC)C2)c(OC)c1N. The molecule has 0 spiro atoms. The highest BCUT2D eigenvalue weighted by Crippen LogP contribution is 2.46. The third kappa shape index (κ3) is 3.40. The number of carbonyl (C=O) groups excluding carboxylic acids is 1. The summed E-state index contributed by atoms with van der Waals surface area (Å²) in [7, 11) is 1.59. The van der Waals surface area contributed by atoms with Crippen molar-refractivity contribution >= 4 is 39.8 Å². The summed E-state index contributed by atoms with van der Waals surface area (Å²) in [5, 5.41) is 1.55. The summed E-state index contributed by atoms with van der Waals surface area (Å²) in [6, 6.07) is 0. The van der Waals surface area contributed by atoms with Gasteiger partial charge in [0.25, 0.3) is 0 Å². The van der Waals surface area contributed by atoms with Crippen molar-refractivity contribution in [3.05, 3.63) is 4.88 Å². The number of ether oxygens (including phenoxy) is 2. The Morgan fingerprint density at radius 3 is 2.86 bits per heavy atom. The lowest BCUT2D eigenvalue weighted by molar-refractivity contribution is 0.0533. The zero-order chi connectivity index (χ0) is 15.4. The Kier molecular flexibility index (Phi) is 5.64. The minimum absolute atomic E-state index is 0.339. The van der Waals surface area contributed by atoms with Crippen LogP contribution in [0.3, 0.4) is 0 Å². The first-order valence-corrected chi connectivity index (χ1v) is 8.98. The molecule has 0 bridgehead atoms. The molecule has 1 aromatic rings. The van der Waals surface area contributed by atoms with Crippen molar-refractivity contribution in [1.82, 2.24) is 0 Å². The van der Waals surface area contributed by atoms with Gasteiger partial charge in [-0.1, -0.05) is 6.92 Å². The lowest BCUT2D eigenvalue weighted by Gasteiger charge is -2.32. The lowest BCUT2D eigenvalue weighted by Crippen LogP contribution is -2.37. The molecule has 0 amide bonds. The van der Waals surface area contributed by atoms with Gasteiger partial charge in [-0.2, -0.15) is 11.8 Å². The zero-order valence-electron chi connectivity index (χ0n) is 12.7. The Hall–Kier alpha value is -1.08. The number of carbonyl (C=O) groups is 1. The second kappa shape index (κ2) is 7.26. The van der Waals surface area contributed by atoms with E-state index in [2.05, 4.69) is 11.8 Å². The van der Waals surface area contributed by atoms with Crippen LogP contribution in [0.15, 0.2) is 0 Å². The van der Waals surface area contributed by atoms with Crippen LogP contribution in [0.2, 0.25) is 0 Å². The zero-order valence-corrected chi connectivity index (χ0v) is 14.3. The molecule has 0 aromatic carbocycles. The van der Waals surface area contributed by atoms with Crippen LogP contribution < -0.4 is 15.4 Å². The standard InChI is InChI=1S/C14H22N2O3S2/c1-4-9-8-16(6-7-20-9)13-11(18-3)10(15)12(21-13)14(17)19-5-2/h9H,4-8,15H2,1-3H3. The van der Waals surface area contributed by atoms with Crippen molar-refractivity contribution in [3.8, 4) is 5.75 Å². The first-order valence-electron chi connectivity index (χ1n) is 7.12. The summed E-state index contributed by atoms with van der Waals surface area (Å²) in [4.78, 5) is 14.7. The van der Waals surface area contributed by atoms with Gasteiger partial charge in [-0.05, 0) is 13.3 Å². The molecule has 1 saturated heterocycles. The van der Waals surface area contributed by atoms with E-state index in [-0.39, 0.29) is 5.97 Å². The van der Waals surface area contributed by atoms with Crippen LogP contribution in [0.25, 0.3) is 0 Å². The molecule has 2 rings (SSSR count). The van der Waals surface area contributed by atoms with Crippen molar-refractivity contribution < 1.29 is 14.3 Å². The van der Waals surface area contributed by atoms with Crippen LogP contribution in [0.5, 0.6) is 5.75 Å². The largest absolute Gasteiger partial charge is 0.492 e. The number of thiophene rings is 1. The van der Waals surface area contributed by atoms with Gasteiger partial charge in [0, 0.05) is 24.1 Å². The number of nitrogen functional groups attached to an aromatic ring is 1. The van der Waals surface area contributed by atoms with Crippen molar-refractivity contribution in [3.63, 3.8) is 0 Å². The predicted molar refractivity (Wildman–Crippen MR) is 90.0 cm³/mol. The van der Waals surface area contributed by atoms with Gasteiger partial charge in [-0.3, -0.25) is 0 Å². The Morgan fingerprint density at radius 1 is 1.48 bits per heavy atom. The number of rotatable bonds is 5. The predicted octanol–water partition coefficient (Wildman–Crippen LogP) is 2.85. The van der Waals surface area contributed by atoms with Crippen LogP contribution in [0.4, 0.5) is 10.7 Å². The van der Waals surface area contributed by atoms with E-state index in [9.17, 15) is 4.79 Å². The minimum atomic E-state index is -0.372. The average molecular weight is 330 g/mol. The second-order valence-corrected chi connectivity index (χ2v) is 7.16. The van der Waals surface area contributed by atoms with Crippen molar-refractivity contribution in [1.29, 1.82) is 0 Å². The van der Waals surface area contributed by atoms with E-state index in [1.54, 1.807) is 14.0 Å². The van der Waals surface area contributed by atoms with E-state index >= 15 is 0 Å². The number of hydrogen-bond donors (Lipinski definition) is 1. The summed E-state index contributed by atoms with van der Waals surface area (Å²) < 4.78 is 10.5. The molecule has 21 heavy (non-hydrogen) atoms. The molecule has 2 N–H and O–H groups in total. The fourth-order valence-electron chi connectivity index (χ4n) is 2.32. The first kappa shape index (κ1) is 16.3. The molecule has 1 aliphatic rings. The molecule has 1 atom stereocenters. The quantitative estimate of drug-likeness (QED) is 0.838. The number of anilines is 2. The molecule has 1 unspecified atom stereocenters. The summed E-state index contributed by atoms with van der Waals surface area (Å²) in [5.74, 6) is 1.31. The third-order valence-electron chi connectivity index (χ3n) is 3.43. The summed E-state index contributed by atoms with van der Waals surface area (Å²) in [6.45, 7) is 6.23. The summed E-state index contributed by atoms with van der Waals surface area (Å²) in [5.41, 5.74) is 6.46. The fraction of sp³-hybridized carbons (Fsp3) is 0.643. The highest BCUT2D eigenvalue weighted by molar-refractivity contribution is 8.00. The van der Waals surface area contributed by atoms with Gasteiger partial charge in [0.05, 0.1) is 13.7 Å². The summed E-state index contributed by atoms with van der Waals surface area (Å²) in [6.07, 6.45) is 1.13. The van der Waals surface area contributed by atoms with Gasteiger partial charge in [-0.15, -0.1) is 11.3 Å². The van der Waals surface area contributed by atoms with E-state index in [1.165, 1.54) is 11.3 Å². The van der Waals surface area contributed by atoms with Crippen LogP contribution in [-0.4, -0.2) is 43.8 Å². The molecule has 7 heteroatoms. The van der Waals surface area contributed by atoms with Gasteiger partial charge in [0.1, 0.15) is 15.6 Å². The number of methoxy groups -OCH3 is 1. The molecule has 5 nitrogen and oxygen atoms in total. The highest BCUT2D eigenvalue weighted by Gasteiger charge is 2.28. The second-order valence-electron chi connectivity index (χ2n) is 4.75. The van der Waals surface area contributed by atoms with Gasteiger partial charge in [0.15, 0.2) is 5.75 Å². The van der Waals surface area contributed by atoms with Gasteiger partial charge < -0.3 is 20.1 Å². The first-order chi connectivity index (χ1) is 10.1. The molecular weight excluding hydrogens is 308 g/mol. The van der Waals surface area contributed by atoms with Crippen molar-refractivity contribution in [2.24, 2.45) is 0 Å². The van der Waals surface area contributed by atoms with Crippen LogP contribution >= 0.6 is 23.1 Å². The lowest BCUT2D eigenvalue weighted by atomic mass is 10.3. The minimum Gasteiger partial charge on any atom is -0.492 e. The smallest absolute Gasteiger partial charge is 0.350 e. The normalized spacial score (nSPS) is 18.6. The van der Waals surface area contributed by atoms with E-state index < -0.39 is 0 Å². The Balaban J connectivity index is 2.30. The average Bonchev–Trinajstić information content (AvgIpc) is 2.84. The van der Waals surface area contributed by atoms with Gasteiger partial charge >= 0.3 is 5.97 Å². The van der Waals surface area contributed by atoms with Crippen LogP contribution in [-0.2, 0) is 4.74 Å². The van der Waals surface area contributed by atoms with Crippen molar-refractivity contribution in [2.45, 2.75) is 25.5 Å². The molecular formula is C14H22N2O3S2. The van der Waals surface area contributed by atoms with Crippen molar-refractivity contribution in [2.75, 3.05) is 43.2 Å². The molecule has 0 radical (unpaired) electrons. The topological polar surface area (TPSA) is 64.8 Å². The summed E-state index contributed by atoms with van der Waals surface area (Å²) >= 11 is 3.37. The fourth-order valence-corrected chi connectivity index (χ4v) is 4.62. The van der Waals surface area contributed by atoms with E-state index in [4.69, 9.17) is 15.2 Å². The number of esters is 1. The molecule has 1 fully saturated rings. The molecule has 2 heterocycles.